The summed E-state index contributed by atoms with van der Waals surface area (Å²) < 4.78 is 10.8. The number of carbonyl (C=O) groups excluding carboxylic acids is 2. The molecule has 3 rings (SSSR count). The van der Waals surface area contributed by atoms with Crippen molar-refractivity contribution >= 4 is 11.9 Å². The number of hydrogen-bond donors (Lipinski definition) is 0. The molecule has 0 aliphatic carbocycles. The van der Waals surface area contributed by atoms with Gasteiger partial charge in [0.15, 0.2) is 0 Å². The summed E-state index contributed by atoms with van der Waals surface area (Å²) in [4.78, 5) is 24.8. The van der Waals surface area contributed by atoms with Gasteiger partial charge in [-0.1, -0.05) is 76.2 Å². The molecule has 0 bridgehead atoms. The quantitative estimate of drug-likeness (QED) is 0.741. The zero-order valence-electron chi connectivity index (χ0n) is 15.6. The van der Waals surface area contributed by atoms with Crippen LogP contribution in [0.25, 0.3) is 0 Å². The highest BCUT2D eigenvalue weighted by Crippen LogP contribution is 2.33. The smallest absolute Gasteiger partial charge is 0.353 e. The maximum atomic E-state index is 12.4. The Kier molecular flexibility index (Phi) is 5.12. The summed E-state index contributed by atoms with van der Waals surface area (Å²) in [6.07, 6.45) is -2.01. The Hall–Kier alpha value is -2.62. The van der Waals surface area contributed by atoms with Crippen LogP contribution in [0.5, 0.6) is 0 Å². The molecule has 0 amide bonds. The van der Waals surface area contributed by atoms with Gasteiger partial charge >= 0.3 is 11.9 Å². The first-order valence-corrected chi connectivity index (χ1v) is 8.97. The van der Waals surface area contributed by atoms with Crippen LogP contribution in [-0.4, -0.2) is 11.9 Å². The number of hydrogen-bond acceptors (Lipinski definition) is 4. The topological polar surface area (TPSA) is 52.6 Å². The maximum absolute atomic E-state index is 12.4. The lowest BCUT2D eigenvalue weighted by Crippen LogP contribution is -2.34. The summed E-state index contributed by atoms with van der Waals surface area (Å²) in [6, 6.07) is 15.0. The van der Waals surface area contributed by atoms with E-state index in [0.29, 0.717) is 23.0 Å². The Morgan fingerprint density at radius 3 is 1.19 bits per heavy atom. The van der Waals surface area contributed by atoms with Gasteiger partial charge in [-0.3, -0.25) is 0 Å². The number of rotatable bonds is 4. The Balaban J connectivity index is 1.76. The van der Waals surface area contributed by atoms with Gasteiger partial charge in [-0.25, -0.2) is 9.59 Å². The maximum Gasteiger partial charge on any atom is 0.353 e. The third kappa shape index (κ3) is 3.64. The molecule has 0 saturated carbocycles. The average Bonchev–Trinajstić information content (AvgIpc) is 2.63. The van der Waals surface area contributed by atoms with Crippen molar-refractivity contribution in [3.63, 3.8) is 0 Å². The average molecular weight is 352 g/mol. The Morgan fingerprint density at radius 1 is 0.615 bits per heavy atom. The van der Waals surface area contributed by atoms with Crippen LogP contribution in [0, 0.1) is 0 Å². The summed E-state index contributed by atoms with van der Waals surface area (Å²) in [5.74, 6) is -0.300. The van der Waals surface area contributed by atoms with E-state index in [1.807, 2.05) is 48.5 Å². The van der Waals surface area contributed by atoms with E-state index >= 15 is 0 Å². The molecule has 26 heavy (non-hydrogen) atoms. The summed E-state index contributed by atoms with van der Waals surface area (Å²) in [5, 5.41) is 0. The normalized spacial score (nSPS) is 20.2. The van der Waals surface area contributed by atoms with Crippen molar-refractivity contribution in [1.82, 2.24) is 0 Å². The molecule has 1 saturated heterocycles. The molecule has 1 aliphatic heterocycles. The van der Waals surface area contributed by atoms with Gasteiger partial charge in [0.1, 0.15) is 0 Å². The van der Waals surface area contributed by atoms with Crippen molar-refractivity contribution in [3.8, 4) is 0 Å². The van der Waals surface area contributed by atoms with Crippen LogP contribution >= 0.6 is 0 Å². The van der Waals surface area contributed by atoms with Gasteiger partial charge < -0.3 is 9.47 Å². The van der Waals surface area contributed by atoms with E-state index in [0.717, 1.165) is 11.1 Å². The minimum Gasteiger partial charge on any atom is -0.442 e. The van der Waals surface area contributed by atoms with Crippen LogP contribution < -0.4 is 0 Å². The first-order chi connectivity index (χ1) is 12.4. The molecule has 1 aliphatic rings. The molecule has 2 aromatic carbocycles. The first-order valence-electron chi connectivity index (χ1n) is 8.97. The van der Waals surface area contributed by atoms with Crippen molar-refractivity contribution < 1.29 is 19.1 Å². The third-order valence-electron chi connectivity index (χ3n) is 4.71. The molecule has 4 nitrogen and oxygen atoms in total. The molecule has 0 spiro atoms. The number of ether oxygens (including phenoxy) is 2. The monoisotopic (exact) mass is 352 g/mol. The summed E-state index contributed by atoms with van der Waals surface area (Å²) in [7, 11) is 0. The lowest BCUT2D eigenvalue weighted by Gasteiger charge is -2.28. The van der Waals surface area contributed by atoms with Crippen molar-refractivity contribution in [3.05, 3.63) is 70.8 Å². The van der Waals surface area contributed by atoms with Crippen LogP contribution in [0.2, 0.25) is 0 Å². The fourth-order valence-electron chi connectivity index (χ4n) is 2.97. The zero-order chi connectivity index (χ0) is 18.8. The molecule has 4 heteroatoms. The molecule has 0 aromatic heterocycles. The van der Waals surface area contributed by atoms with E-state index in [1.165, 1.54) is 0 Å². The van der Waals surface area contributed by atoms with Gasteiger partial charge in [0.25, 0.3) is 0 Å². The molecule has 0 N–H and O–H groups in total. The molecule has 2 atom stereocenters. The second kappa shape index (κ2) is 7.32. The SMILES string of the molecule is CC(C)c1ccc(C2OC(=O)C(c3ccc(C(C)C)cc3)OC2=O)cc1. The fraction of sp³-hybridized carbons (Fsp3) is 0.364. The van der Waals surface area contributed by atoms with Crippen LogP contribution in [0.15, 0.2) is 48.5 Å². The highest BCUT2D eigenvalue weighted by atomic mass is 16.6. The largest absolute Gasteiger partial charge is 0.442 e. The van der Waals surface area contributed by atoms with Gasteiger partial charge in [0.2, 0.25) is 12.2 Å². The van der Waals surface area contributed by atoms with Gasteiger partial charge in [-0.05, 0) is 23.0 Å². The number of esters is 2. The van der Waals surface area contributed by atoms with Crippen LogP contribution in [0.3, 0.4) is 0 Å². The molecule has 1 heterocycles. The number of carbonyl (C=O) groups is 2. The minimum absolute atomic E-state index is 0.392. The van der Waals surface area contributed by atoms with E-state index in [1.54, 1.807) is 0 Å². The third-order valence-corrected chi connectivity index (χ3v) is 4.71. The van der Waals surface area contributed by atoms with Gasteiger partial charge in [-0.2, -0.15) is 0 Å². The molecule has 2 aromatic rings. The molecule has 136 valence electrons. The zero-order valence-corrected chi connectivity index (χ0v) is 15.6. The summed E-state index contributed by atoms with van der Waals surface area (Å²) >= 11 is 0. The Morgan fingerprint density at radius 2 is 0.923 bits per heavy atom. The van der Waals surface area contributed by atoms with E-state index in [-0.39, 0.29) is 0 Å². The predicted molar refractivity (Wildman–Crippen MR) is 98.7 cm³/mol. The molecular weight excluding hydrogens is 328 g/mol. The van der Waals surface area contributed by atoms with Crippen LogP contribution in [0.1, 0.15) is 74.0 Å². The summed E-state index contributed by atoms with van der Waals surface area (Å²) in [6.45, 7) is 8.39. The van der Waals surface area contributed by atoms with Gasteiger partial charge in [0, 0.05) is 11.1 Å². The van der Waals surface area contributed by atoms with E-state index in [2.05, 4.69) is 27.7 Å². The highest BCUT2D eigenvalue weighted by molar-refractivity contribution is 5.89. The van der Waals surface area contributed by atoms with E-state index < -0.39 is 24.1 Å². The first kappa shape index (κ1) is 18.2. The van der Waals surface area contributed by atoms with Crippen molar-refractivity contribution in [2.45, 2.75) is 51.7 Å². The molecule has 1 fully saturated rings. The molecule has 0 radical (unpaired) electrons. The second-order valence-corrected chi connectivity index (χ2v) is 7.28. The lowest BCUT2D eigenvalue weighted by molar-refractivity contribution is -0.196. The predicted octanol–water partition coefficient (Wildman–Crippen LogP) is 4.82. The number of cyclic esters (lactones) is 2. The van der Waals surface area contributed by atoms with E-state index in [9.17, 15) is 9.59 Å². The van der Waals surface area contributed by atoms with Crippen LogP contribution in [0.4, 0.5) is 0 Å². The number of benzene rings is 2. The van der Waals surface area contributed by atoms with Crippen LogP contribution in [-0.2, 0) is 19.1 Å². The van der Waals surface area contributed by atoms with Gasteiger partial charge in [-0.15, -0.1) is 0 Å². The highest BCUT2D eigenvalue weighted by Gasteiger charge is 2.40. The van der Waals surface area contributed by atoms with Gasteiger partial charge in [0.05, 0.1) is 0 Å². The Bertz CT molecular complexity index is 718. The molecular formula is C22H24O4. The van der Waals surface area contributed by atoms with Crippen molar-refractivity contribution in [2.24, 2.45) is 0 Å². The summed E-state index contributed by atoms with van der Waals surface area (Å²) in [5.41, 5.74) is 3.57. The minimum atomic E-state index is -1.00. The molecule has 2 unspecified atom stereocenters. The lowest BCUT2D eigenvalue weighted by atomic mass is 9.98. The van der Waals surface area contributed by atoms with E-state index in [4.69, 9.17) is 9.47 Å². The second-order valence-electron chi connectivity index (χ2n) is 7.28. The Labute approximate surface area is 154 Å². The fourth-order valence-corrected chi connectivity index (χ4v) is 2.97. The van der Waals surface area contributed by atoms with Crippen molar-refractivity contribution in [1.29, 1.82) is 0 Å². The van der Waals surface area contributed by atoms with Crippen molar-refractivity contribution in [2.75, 3.05) is 0 Å². The standard InChI is InChI=1S/C22H24O4/c1-13(2)15-5-9-17(10-6-15)19-21(23)26-20(22(24)25-19)18-11-7-16(8-12-18)14(3)4/h5-14,19-20H,1-4H3.